The molecule has 12 heavy (non-hydrogen) atoms. The number of hydrogen-bond acceptors (Lipinski definition) is 3. The van der Waals surface area contributed by atoms with Gasteiger partial charge < -0.3 is 13.6 Å². The van der Waals surface area contributed by atoms with Gasteiger partial charge in [-0.1, -0.05) is 13.8 Å². The van der Waals surface area contributed by atoms with E-state index in [2.05, 4.69) is 13.8 Å². The zero-order chi connectivity index (χ0) is 8.81. The Bertz CT molecular complexity index is 113. The first-order valence-electron chi connectivity index (χ1n) is 4.48. The summed E-state index contributed by atoms with van der Waals surface area (Å²) in [4.78, 5) is 0. The fourth-order valence-electron chi connectivity index (χ4n) is 0.966. The van der Waals surface area contributed by atoms with Crippen LogP contribution < -0.4 is 0 Å². The highest BCUT2D eigenvalue weighted by atomic mass is 31.2. The van der Waals surface area contributed by atoms with Gasteiger partial charge in [0, 0.05) is 0 Å². The SMILES string of the molecule is CC(C)CCCOP1OCCO1. The van der Waals surface area contributed by atoms with Crippen molar-refractivity contribution in [3.8, 4) is 0 Å². The van der Waals surface area contributed by atoms with Crippen LogP contribution in [0.2, 0.25) is 0 Å². The Morgan fingerprint density at radius 3 is 2.58 bits per heavy atom. The average Bonchev–Trinajstić information content (AvgIpc) is 2.49. The van der Waals surface area contributed by atoms with Crippen molar-refractivity contribution in [2.75, 3.05) is 19.8 Å². The van der Waals surface area contributed by atoms with Gasteiger partial charge in [-0.05, 0) is 18.8 Å². The zero-order valence-electron chi connectivity index (χ0n) is 7.78. The molecule has 0 N–H and O–H groups in total. The molecular formula is C8H17O3P. The predicted octanol–water partition coefficient (Wildman–Crippen LogP) is 2.71. The lowest BCUT2D eigenvalue weighted by molar-refractivity contribution is 0.238. The molecule has 1 saturated heterocycles. The Kier molecular flexibility index (Phi) is 5.08. The van der Waals surface area contributed by atoms with Crippen molar-refractivity contribution in [2.24, 2.45) is 5.92 Å². The number of rotatable bonds is 5. The molecule has 0 aromatic heterocycles. The van der Waals surface area contributed by atoms with Crippen molar-refractivity contribution in [3.63, 3.8) is 0 Å². The first-order valence-corrected chi connectivity index (χ1v) is 5.57. The Morgan fingerprint density at radius 1 is 1.33 bits per heavy atom. The van der Waals surface area contributed by atoms with Gasteiger partial charge in [-0.3, -0.25) is 0 Å². The average molecular weight is 192 g/mol. The Labute approximate surface area is 75.4 Å². The zero-order valence-corrected chi connectivity index (χ0v) is 8.68. The first kappa shape index (κ1) is 10.4. The van der Waals surface area contributed by atoms with E-state index in [1.54, 1.807) is 0 Å². The summed E-state index contributed by atoms with van der Waals surface area (Å²) in [5, 5.41) is 0. The molecule has 0 aromatic carbocycles. The fraction of sp³-hybridized carbons (Fsp3) is 1.00. The molecule has 0 aliphatic carbocycles. The molecule has 1 aliphatic rings. The maximum atomic E-state index is 5.37. The van der Waals surface area contributed by atoms with Crippen molar-refractivity contribution in [1.29, 1.82) is 0 Å². The second-order valence-corrected chi connectivity index (χ2v) is 4.48. The highest BCUT2D eigenvalue weighted by Crippen LogP contribution is 2.43. The summed E-state index contributed by atoms with van der Waals surface area (Å²) in [6.07, 6.45) is 2.31. The van der Waals surface area contributed by atoms with Gasteiger partial charge in [0.15, 0.2) is 0 Å². The van der Waals surface area contributed by atoms with E-state index in [1.165, 1.54) is 6.42 Å². The molecule has 1 heterocycles. The lowest BCUT2D eigenvalue weighted by Crippen LogP contribution is -1.93. The molecule has 0 radical (unpaired) electrons. The lowest BCUT2D eigenvalue weighted by Gasteiger charge is -2.08. The summed E-state index contributed by atoms with van der Waals surface area (Å²) in [6.45, 7) is 6.58. The van der Waals surface area contributed by atoms with E-state index in [1.807, 2.05) is 0 Å². The fourth-order valence-corrected chi connectivity index (χ4v) is 1.92. The third-order valence-corrected chi connectivity index (χ3v) is 2.78. The molecule has 0 saturated carbocycles. The van der Waals surface area contributed by atoms with Crippen molar-refractivity contribution in [3.05, 3.63) is 0 Å². The Morgan fingerprint density at radius 2 is 2.00 bits per heavy atom. The molecule has 4 heteroatoms. The molecule has 0 atom stereocenters. The van der Waals surface area contributed by atoms with Crippen molar-refractivity contribution >= 4 is 8.60 Å². The highest BCUT2D eigenvalue weighted by Gasteiger charge is 2.18. The first-order chi connectivity index (χ1) is 5.79. The minimum Gasteiger partial charge on any atom is -0.312 e. The summed E-state index contributed by atoms with van der Waals surface area (Å²) in [7, 11) is -0.976. The normalized spacial score (nSPS) is 19.2. The molecule has 3 nitrogen and oxygen atoms in total. The molecule has 0 aromatic rings. The van der Waals surface area contributed by atoms with E-state index in [4.69, 9.17) is 13.6 Å². The van der Waals surface area contributed by atoms with Gasteiger partial charge in [0.25, 0.3) is 0 Å². The minimum atomic E-state index is -0.976. The highest BCUT2D eigenvalue weighted by molar-refractivity contribution is 7.41. The molecule has 72 valence electrons. The molecule has 1 fully saturated rings. The van der Waals surface area contributed by atoms with Crippen LogP contribution in [0.15, 0.2) is 0 Å². The quantitative estimate of drug-likeness (QED) is 0.495. The van der Waals surface area contributed by atoms with Gasteiger partial charge in [0.1, 0.15) is 0 Å². The van der Waals surface area contributed by atoms with Crippen LogP contribution in [-0.2, 0) is 13.6 Å². The third-order valence-electron chi connectivity index (χ3n) is 1.60. The van der Waals surface area contributed by atoms with Crippen LogP contribution >= 0.6 is 8.60 Å². The Hall–Kier alpha value is 0.310. The summed E-state index contributed by atoms with van der Waals surface area (Å²) in [5.74, 6) is 0.756. The maximum Gasteiger partial charge on any atom is 0.332 e. The Balaban J connectivity index is 1.88. The predicted molar refractivity (Wildman–Crippen MR) is 48.8 cm³/mol. The van der Waals surface area contributed by atoms with Gasteiger partial charge in [-0.25, -0.2) is 0 Å². The van der Waals surface area contributed by atoms with Crippen molar-refractivity contribution in [2.45, 2.75) is 26.7 Å². The minimum absolute atomic E-state index is 0.690. The van der Waals surface area contributed by atoms with E-state index < -0.39 is 8.60 Å². The van der Waals surface area contributed by atoms with Crippen LogP contribution in [0.4, 0.5) is 0 Å². The van der Waals surface area contributed by atoms with Crippen LogP contribution in [0.25, 0.3) is 0 Å². The van der Waals surface area contributed by atoms with Gasteiger partial charge in [-0.2, -0.15) is 0 Å². The lowest BCUT2D eigenvalue weighted by atomic mass is 10.1. The van der Waals surface area contributed by atoms with Crippen LogP contribution in [0.1, 0.15) is 26.7 Å². The van der Waals surface area contributed by atoms with Crippen LogP contribution in [0.5, 0.6) is 0 Å². The number of hydrogen-bond donors (Lipinski definition) is 0. The molecule has 0 spiro atoms. The van der Waals surface area contributed by atoms with E-state index in [9.17, 15) is 0 Å². The van der Waals surface area contributed by atoms with Gasteiger partial charge >= 0.3 is 8.60 Å². The van der Waals surface area contributed by atoms with Crippen molar-refractivity contribution < 1.29 is 13.6 Å². The third kappa shape index (κ3) is 4.36. The van der Waals surface area contributed by atoms with E-state index in [0.717, 1.165) is 18.9 Å². The largest absolute Gasteiger partial charge is 0.332 e. The summed E-state index contributed by atoms with van der Waals surface area (Å²) < 4.78 is 15.7. The van der Waals surface area contributed by atoms with Crippen LogP contribution in [0.3, 0.4) is 0 Å². The molecular weight excluding hydrogens is 175 g/mol. The van der Waals surface area contributed by atoms with Gasteiger partial charge in [0.2, 0.25) is 0 Å². The summed E-state index contributed by atoms with van der Waals surface area (Å²) in [5.41, 5.74) is 0. The van der Waals surface area contributed by atoms with Crippen LogP contribution in [0, 0.1) is 5.92 Å². The van der Waals surface area contributed by atoms with Gasteiger partial charge in [0.05, 0.1) is 19.8 Å². The second kappa shape index (κ2) is 5.87. The molecule has 0 unspecified atom stereocenters. The monoisotopic (exact) mass is 192 g/mol. The second-order valence-electron chi connectivity index (χ2n) is 3.26. The maximum absolute atomic E-state index is 5.37. The summed E-state index contributed by atoms with van der Waals surface area (Å²) >= 11 is 0. The van der Waals surface area contributed by atoms with E-state index in [0.29, 0.717) is 13.2 Å². The molecule has 0 amide bonds. The van der Waals surface area contributed by atoms with Crippen LogP contribution in [-0.4, -0.2) is 19.8 Å². The topological polar surface area (TPSA) is 27.7 Å². The van der Waals surface area contributed by atoms with Gasteiger partial charge in [-0.15, -0.1) is 0 Å². The van der Waals surface area contributed by atoms with E-state index in [-0.39, 0.29) is 0 Å². The van der Waals surface area contributed by atoms with E-state index >= 15 is 0 Å². The summed E-state index contributed by atoms with van der Waals surface area (Å²) in [6, 6.07) is 0. The molecule has 1 aliphatic heterocycles. The standard InChI is InChI=1S/C8H17O3P/c1-8(2)4-3-5-9-12-10-6-7-11-12/h8H,3-7H2,1-2H3. The molecule has 0 bridgehead atoms. The van der Waals surface area contributed by atoms with Crippen molar-refractivity contribution in [1.82, 2.24) is 0 Å². The smallest absolute Gasteiger partial charge is 0.312 e. The molecule has 1 rings (SSSR count).